The number of rotatable bonds is 5. The SMILES string of the molecule is Cn1cnnc1CCNCc1cc(Cl)ccc1Cl. The van der Waals surface area contributed by atoms with Gasteiger partial charge in [-0.05, 0) is 23.8 Å². The zero-order chi connectivity index (χ0) is 13.0. The summed E-state index contributed by atoms with van der Waals surface area (Å²) in [6, 6.07) is 5.47. The molecule has 2 rings (SSSR count). The lowest BCUT2D eigenvalue weighted by molar-refractivity contribution is 0.654. The number of nitrogens with zero attached hydrogens (tertiary/aromatic N) is 3. The minimum atomic E-state index is 0.692. The number of halogens is 2. The van der Waals surface area contributed by atoms with Crippen LogP contribution in [0, 0.1) is 0 Å². The highest BCUT2D eigenvalue weighted by Crippen LogP contribution is 2.20. The molecule has 0 spiro atoms. The molecule has 18 heavy (non-hydrogen) atoms. The number of benzene rings is 1. The maximum atomic E-state index is 6.07. The third-order valence-corrected chi connectivity index (χ3v) is 3.26. The second-order valence-corrected chi connectivity index (χ2v) is 4.86. The van der Waals surface area contributed by atoms with E-state index in [1.807, 2.05) is 23.7 Å². The first kappa shape index (κ1) is 13.3. The Morgan fingerprint density at radius 1 is 1.33 bits per heavy atom. The summed E-state index contributed by atoms with van der Waals surface area (Å²) in [5, 5.41) is 12.6. The minimum Gasteiger partial charge on any atom is -0.321 e. The van der Waals surface area contributed by atoms with Crippen molar-refractivity contribution in [3.8, 4) is 0 Å². The normalized spacial score (nSPS) is 10.8. The summed E-state index contributed by atoms with van der Waals surface area (Å²) in [5.74, 6) is 0.958. The van der Waals surface area contributed by atoms with E-state index in [9.17, 15) is 0 Å². The number of aryl methyl sites for hydroxylation is 1. The fourth-order valence-corrected chi connectivity index (χ4v) is 2.01. The van der Waals surface area contributed by atoms with Gasteiger partial charge in [0.2, 0.25) is 0 Å². The molecule has 0 bridgehead atoms. The number of hydrogen-bond acceptors (Lipinski definition) is 3. The molecule has 1 aromatic heterocycles. The van der Waals surface area contributed by atoms with Gasteiger partial charge in [0.15, 0.2) is 0 Å². The van der Waals surface area contributed by atoms with E-state index in [-0.39, 0.29) is 0 Å². The van der Waals surface area contributed by atoms with E-state index in [1.54, 1.807) is 12.4 Å². The van der Waals surface area contributed by atoms with E-state index < -0.39 is 0 Å². The summed E-state index contributed by atoms with van der Waals surface area (Å²) in [7, 11) is 1.93. The highest BCUT2D eigenvalue weighted by atomic mass is 35.5. The fraction of sp³-hybridized carbons (Fsp3) is 0.333. The van der Waals surface area contributed by atoms with E-state index in [4.69, 9.17) is 23.2 Å². The molecular weight excluding hydrogens is 271 g/mol. The molecule has 4 nitrogen and oxygen atoms in total. The van der Waals surface area contributed by atoms with Crippen LogP contribution in [-0.2, 0) is 20.0 Å². The zero-order valence-corrected chi connectivity index (χ0v) is 11.5. The van der Waals surface area contributed by atoms with Crippen molar-refractivity contribution in [2.75, 3.05) is 6.54 Å². The first-order valence-corrected chi connectivity index (χ1v) is 6.40. The quantitative estimate of drug-likeness (QED) is 0.858. The summed E-state index contributed by atoms with van der Waals surface area (Å²) in [5.41, 5.74) is 1.00. The Balaban J connectivity index is 1.82. The molecule has 1 aromatic carbocycles. The van der Waals surface area contributed by atoms with Gasteiger partial charge in [-0.25, -0.2) is 0 Å². The van der Waals surface area contributed by atoms with Crippen LogP contribution in [0.5, 0.6) is 0 Å². The molecule has 0 amide bonds. The van der Waals surface area contributed by atoms with E-state index in [0.29, 0.717) is 11.6 Å². The smallest absolute Gasteiger partial charge is 0.133 e. The van der Waals surface area contributed by atoms with Crippen LogP contribution in [0.25, 0.3) is 0 Å². The molecule has 0 saturated heterocycles. The second-order valence-electron chi connectivity index (χ2n) is 4.02. The van der Waals surface area contributed by atoms with Crippen molar-refractivity contribution in [3.05, 3.63) is 46.0 Å². The summed E-state index contributed by atoms with van der Waals surface area (Å²) < 4.78 is 1.91. The van der Waals surface area contributed by atoms with Gasteiger partial charge >= 0.3 is 0 Å². The molecule has 0 radical (unpaired) electrons. The monoisotopic (exact) mass is 284 g/mol. The maximum Gasteiger partial charge on any atom is 0.133 e. The average molecular weight is 285 g/mol. The van der Waals surface area contributed by atoms with E-state index in [2.05, 4.69) is 15.5 Å². The van der Waals surface area contributed by atoms with Crippen LogP contribution in [0.15, 0.2) is 24.5 Å². The Kier molecular flexibility index (Phi) is 4.58. The topological polar surface area (TPSA) is 42.7 Å². The van der Waals surface area contributed by atoms with Gasteiger partial charge in [0.25, 0.3) is 0 Å². The molecule has 0 saturated carbocycles. The predicted octanol–water partition coefficient (Wildman–Crippen LogP) is 2.45. The molecular formula is C12H14Cl2N4. The molecule has 0 unspecified atom stereocenters. The first-order chi connectivity index (χ1) is 8.66. The van der Waals surface area contributed by atoms with Gasteiger partial charge in [-0.2, -0.15) is 0 Å². The van der Waals surface area contributed by atoms with Crippen LogP contribution in [0.2, 0.25) is 10.0 Å². The van der Waals surface area contributed by atoms with E-state index in [0.717, 1.165) is 29.4 Å². The largest absolute Gasteiger partial charge is 0.321 e. The van der Waals surface area contributed by atoms with Crippen molar-refractivity contribution in [2.24, 2.45) is 7.05 Å². The van der Waals surface area contributed by atoms with Crippen molar-refractivity contribution in [1.29, 1.82) is 0 Å². The fourth-order valence-electron chi connectivity index (χ4n) is 1.64. The van der Waals surface area contributed by atoms with E-state index >= 15 is 0 Å². The van der Waals surface area contributed by atoms with Gasteiger partial charge in [-0.3, -0.25) is 0 Å². The number of nitrogens with one attached hydrogen (secondary N) is 1. The third kappa shape index (κ3) is 3.45. The molecule has 1 heterocycles. The lowest BCUT2D eigenvalue weighted by atomic mass is 10.2. The van der Waals surface area contributed by atoms with Gasteiger partial charge in [0, 0.05) is 36.6 Å². The zero-order valence-electron chi connectivity index (χ0n) is 10.0. The Labute approximate surface area is 116 Å². The minimum absolute atomic E-state index is 0.692. The Morgan fingerprint density at radius 3 is 2.89 bits per heavy atom. The van der Waals surface area contributed by atoms with Gasteiger partial charge in [0.1, 0.15) is 12.2 Å². The highest BCUT2D eigenvalue weighted by Gasteiger charge is 2.02. The predicted molar refractivity (Wildman–Crippen MR) is 72.9 cm³/mol. The van der Waals surface area contributed by atoms with Crippen molar-refractivity contribution in [3.63, 3.8) is 0 Å². The lowest BCUT2D eigenvalue weighted by Crippen LogP contribution is -2.18. The maximum absolute atomic E-state index is 6.07. The van der Waals surface area contributed by atoms with Crippen LogP contribution >= 0.6 is 23.2 Å². The Morgan fingerprint density at radius 2 is 2.17 bits per heavy atom. The standard InChI is InChI=1S/C12H14Cl2N4/c1-18-8-16-17-12(18)4-5-15-7-9-6-10(13)2-3-11(9)14/h2-3,6,8,15H,4-5,7H2,1H3. The summed E-state index contributed by atoms with van der Waals surface area (Å²) in [4.78, 5) is 0. The lowest BCUT2D eigenvalue weighted by Gasteiger charge is -2.07. The highest BCUT2D eigenvalue weighted by molar-refractivity contribution is 6.33. The molecule has 96 valence electrons. The van der Waals surface area contributed by atoms with Crippen molar-refractivity contribution >= 4 is 23.2 Å². The Bertz CT molecular complexity index is 525. The average Bonchev–Trinajstić information content (AvgIpc) is 2.75. The molecule has 6 heteroatoms. The molecule has 2 aromatic rings. The third-order valence-electron chi connectivity index (χ3n) is 2.65. The van der Waals surface area contributed by atoms with Gasteiger partial charge in [-0.15, -0.1) is 10.2 Å². The van der Waals surface area contributed by atoms with Crippen molar-refractivity contribution in [2.45, 2.75) is 13.0 Å². The van der Waals surface area contributed by atoms with Gasteiger partial charge in [-0.1, -0.05) is 23.2 Å². The molecule has 1 N–H and O–H groups in total. The van der Waals surface area contributed by atoms with Crippen LogP contribution < -0.4 is 5.32 Å². The molecule has 0 fully saturated rings. The van der Waals surface area contributed by atoms with Gasteiger partial charge in [0.05, 0.1) is 0 Å². The summed E-state index contributed by atoms with van der Waals surface area (Å²) >= 11 is 12.0. The van der Waals surface area contributed by atoms with E-state index in [1.165, 1.54) is 0 Å². The molecule has 0 atom stereocenters. The molecule has 0 aliphatic heterocycles. The first-order valence-electron chi connectivity index (χ1n) is 5.64. The van der Waals surface area contributed by atoms with Crippen molar-refractivity contribution < 1.29 is 0 Å². The van der Waals surface area contributed by atoms with Crippen LogP contribution in [0.1, 0.15) is 11.4 Å². The molecule has 0 aliphatic carbocycles. The number of hydrogen-bond donors (Lipinski definition) is 1. The van der Waals surface area contributed by atoms with Gasteiger partial charge < -0.3 is 9.88 Å². The van der Waals surface area contributed by atoms with Crippen molar-refractivity contribution in [1.82, 2.24) is 20.1 Å². The summed E-state index contributed by atoms with van der Waals surface area (Å²) in [6.45, 7) is 1.51. The second kappa shape index (κ2) is 6.18. The number of aromatic nitrogens is 3. The van der Waals surface area contributed by atoms with Crippen LogP contribution in [-0.4, -0.2) is 21.3 Å². The summed E-state index contributed by atoms with van der Waals surface area (Å²) in [6.07, 6.45) is 2.53. The van der Waals surface area contributed by atoms with Crippen LogP contribution in [0.4, 0.5) is 0 Å². The van der Waals surface area contributed by atoms with Crippen LogP contribution in [0.3, 0.4) is 0 Å². The Hall–Kier alpha value is -1.10. The molecule has 0 aliphatic rings.